The largest absolute Gasteiger partial charge is 0.497 e. The Balaban J connectivity index is 1.92. The second kappa shape index (κ2) is 9.85. The van der Waals surface area contributed by atoms with Crippen LogP contribution in [0.3, 0.4) is 0 Å². The predicted molar refractivity (Wildman–Crippen MR) is 107 cm³/mol. The Morgan fingerprint density at radius 1 is 1.35 bits per heavy atom. The second-order valence-electron chi connectivity index (χ2n) is 6.58. The number of ether oxygens (including phenoxy) is 1. The molecule has 6 nitrogen and oxygen atoms in total. The van der Waals surface area contributed by atoms with Gasteiger partial charge in [0.25, 0.3) is 0 Å². The van der Waals surface area contributed by atoms with Gasteiger partial charge in [-0.2, -0.15) is 5.10 Å². The van der Waals surface area contributed by atoms with Crippen molar-refractivity contribution in [3.05, 3.63) is 47.8 Å². The fourth-order valence-corrected chi connectivity index (χ4v) is 2.84. The summed E-state index contributed by atoms with van der Waals surface area (Å²) in [6, 6.07) is 8.29. The van der Waals surface area contributed by atoms with E-state index in [-0.39, 0.29) is 0 Å². The molecule has 0 spiro atoms. The van der Waals surface area contributed by atoms with Gasteiger partial charge in [-0.25, -0.2) is 0 Å². The summed E-state index contributed by atoms with van der Waals surface area (Å²) < 4.78 is 7.05. The number of hydrogen-bond acceptors (Lipinski definition) is 3. The summed E-state index contributed by atoms with van der Waals surface area (Å²) in [6.45, 7) is 6.75. The Morgan fingerprint density at radius 2 is 2.08 bits per heavy atom. The molecule has 2 aromatic rings. The third kappa shape index (κ3) is 5.79. The van der Waals surface area contributed by atoms with Crippen LogP contribution in [0.15, 0.2) is 41.7 Å². The van der Waals surface area contributed by atoms with Crippen molar-refractivity contribution in [3.63, 3.8) is 0 Å². The van der Waals surface area contributed by atoms with Gasteiger partial charge in [-0.3, -0.25) is 9.67 Å². The lowest BCUT2D eigenvalue weighted by Gasteiger charge is -2.21. The van der Waals surface area contributed by atoms with Gasteiger partial charge in [0.05, 0.1) is 13.3 Å². The molecule has 0 aliphatic carbocycles. The SMILES string of the molecule is CCNC(=NCCC(C)c1ccc(OC)cc1)N(C)Cc1cnn(C)c1. The summed E-state index contributed by atoms with van der Waals surface area (Å²) in [5.41, 5.74) is 2.49. The van der Waals surface area contributed by atoms with Crippen molar-refractivity contribution in [2.75, 3.05) is 27.2 Å². The monoisotopic (exact) mass is 357 g/mol. The Bertz CT molecular complexity index is 692. The highest BCUT2D eigenvalue weighted by Crippen LogP contribution is 2.21. The first kappa shape index (κ1) is 19.8. The maximum absolute atomic E-state index is 5.22. The van der Waals surface area contributed by atoms with Crippen LogP contribution in [0.25, 0.3) is 0 Å². The molecule has 1 atom stereocenters. The number of nitrogens with one attached hydrogen (secondary N) is 1. The third-order valence-corrected chi connectivity index (χ3v) is 4.38. The molecule has 142 valence electrons. The second-order valence-corrected chi connectivity index (χ2v) is 6.58. The number of rotatable bonds is 8. The molecule has 1 N–H and O–H groups in total. The molecule has 0 amide bonds. The smallest absolute Gasteiger partial charge is 0.193 e. The molecule has 1 heterocycles. The molecule has 0 saturated carbocycles. The highest BCUT2D eigenvalue weighted by Gasteiger charge is 2.09. The average Bonchev–Trinajstić information content (AvgIpc) is 3.05. The lowest BCUT2D eigenvalue weighted by Crippen LogP contribution is -2.38. The zero-order valence-corrected chi connectivity index (χ0v) is 16.6. The molecule has 0 bridgehead atoms. The van der Waals surface area contributed by atoms with Gasteiger partial charge in [-0.1, -0.05) is 19.1 Å². The van der Waals surface area contributed by atoms with Gasteiger partial charge in [0.15, 0.2) is 5.96 Å². The zero-order chi connectivity index (χ0) is 18.9. The number of guanidine groups is 1. The van der Waals surface area contributed by atoms with Gasteiger partial charge >= 0.3 is 0 Å². The van der Waals surface area contributed by atoms with Crippen molar-refractivity contribution < 1.29 is 4.74 Å². The van der Waals surface area contributed by atoms with Gasteiger partial charge in [0, 0.05) is 45.5 Å². The zero-order valence-electron chi connectivity index (χ0n) is 16.6. The minimum atomic E-state index is 0.455. The molecule has 6 heteroatoms. The fraction of sp³-hybridized carbons (Fsp3) is 0.500. The van der Waals surface area contributed by atoms with Crippen LogP contribution in [-0.4, -0.2) is 47.9 Å². The van der Waals surface area contributed by atoms with Crippen LogP contribution in [0, 0.1) is 0 Å². The van der Waals surface area contributed by atoms with E-state index >= 15 is 0 Å². The fourth-order valence-electron chi connectivity index (χ4n) is 2.84. The quantitative estimate of drug-likeness (QED) is 0.583. The molecule has 0 saturated heterocycles. The van der Waals surface area contributed by atoms with Crippen LogP contribution in [0.4, 0.5) is 0 Å². The molecular formula is C20H31N5O. The maximum Gasteiger partial charge on any atom is 0.193 e. The number of aromatic nitrogens is 2. The van der Waals surface area contributed by atoms with E-state index in [1.807, 2.05) is 36.3 Å². The molecular weight excluding hydrogens is 326 g/mol. The minimum absolute atomic E-state index is 0.455. The van der Waals surface area contributed by atoms with Crippen LogP contribution >= 0.6 is 0 Å². The lowest BCUT2D eigenvalue weighted by atomic mass is 9.98. The van der Waals surface area contributed by atoms with E-state index < -0.39 is 0 Å². The van der Waals surface area contributed by atoms with Crippen molar-refractivity contribution in [1.29, 1.82) is 0 Å². The van der Waals surface area contributed by atoms with Gasteiger partial charge in [0.2, 0.25) is 0 Å². The molecule has 26 heavy (non-hydrogen) atoms. The van der Waals surface area contributed by atoms with E-state index in [0.717, 1.165) is 37.8 Å². The van der Waals surface area contributed by atoms with E-state index in [4.69, 9.17) is 9.73 Å². The Morgan fingerprint density at radius 3 is 2.65 bits per heavy atom. The third-order valence-electron chi connectivity index (χ3n) is 4.38. The number of aryl methyl sites for hydroxylation is 1. The van der Waals surface area contributed by atoms with E-state index in [9.17, 15) is 0 Å². The van der Waals surface area contributed by atoms with E-state index in [1.165, 1.54) is 11.1 Å². The van der Waals surface area contributed by atoms with Crippen LogP contribution in [0.2, 0.25) is 0 Å². The topological polar surface area (TPSA) is 54.7 Å². The molecule has 1 aromatic heterocycles. The van der Waals surface area contributed by atoms with Crippen LogP contribution in [-0.2, 0) is 13.6 Å². The van der Waals surface area contributed by atoms with Crippen molar-refractivity contribution >= 4 is 5.96 Å². The van der Waals surface area contributed by atoms with Crippen molar-refractivity contribution in [3.8, 4) is 5.75 Å². The van der Waals surface area contributed by atoms with Crippen molar-refractivity contribution in [2.45, 2.75) is 32.7 Å². The summed E-state index contributed by atoms with van der Waals surface area (Å²) in [5, 5.41) is 7.60. The summed E-state index contributed by atoms with van der Waals surface area (Å²) in [4.78, 5) is 6.93. The highest BCUT2D eigenvalue weighted by atomic mass is 16.5. The molecule has 0 aliphatic rings. The van der Waals surface area contributed by atoms with E-state index in [0.29, 0.717) is 5.92 Å². The summed E-state index contributed by atoms with van der Waals surface area (Å²) >= 11 is 0. The molecule has 1 unspecified atom stereocenters. The lowest BCUT2D eigenvalue weighted by molar-refractivity contribution is 0.414. The number of nitrogens with zero attached hydrogens (tertiary/aromatic N) is 4. The minimum Gasteiger partial charge on any atom is -0.497 e. The molecule has 0 radical (unpaired) electrons. The molecule has 0 fully saturated rings. The normalized spacial score (nSPS) is 12.7. The van der Waals surface area contributed by atoms with Crippen molar-refractivity contribution in [1.82, 2.24) is 20.0 Å². The first-order valence-corrected chi connectivity index (χ1v) is 9.14. The highest BCUT2D eigenvalue weighted by molar-refractivity contribution is 5.79. The van der Waals surface area contributed by atoms with Crippen molar-refractivity contribution in [2.24, 2.45) is 12.0 Å². The van der Waals surface area contributed by atoms with Gasteiger partial charge in [-0.15, -0.1) is 0 Å². The van der Waals surface area contributed by atoms with Gasteiger partial charge in [0.1, 0.15) is 5.75 Å². The number of methoxy groups -OCH3 is 1. The van der Waals surface area contributed by atoms with E-state index in [1.54, 1.807) is 7.11 Å². The maximum atomic E-state index is 5.22. The van der Waals surface area contributed by atoms with Gasteiger partial charge in [-0.05, 0) is 37.0 Å². The van der Waals surface area contributed by atoms with Crippen LogP contribution in [0.1, 0.15) is 37.3 Å². The van der Waals surface area contributed by atoms with E-state index in [2.05, 4.69) is 48.3 Å². The first-order chi connectivity index (χ1) is 12.5. The van der Waals surface area contributed by atoms with Gasteiger partial charge < -0.3 is 15.0 Å². The number of benzene rings is 1. The predicted octanol–water partition coefficient (Wildman–Crippen LogP) is 3.02. The standard InChI is InChI=1S/C20H31N5O/c1-6-21-20(24(3)14-17-13-23-25(4)15-17)22-12-11-16(2)18-7-9-19(26-5)10-8-18/h7-10,13,15-16H,6,11-12,14H2,1-5H3,(H,21,22). The molecule has 1 aromatic carbocycles. The summed E-state index contributed by atoms with van der Waals surface area (Å²) in [6.07, 6.45) is 4.93. The Labute approximate surface area is 156 Å². The summed E-state index contributed by atoms with van der Waals surface area (Å²) in [7, 11) is 5.68. The molecule has 2 rings (SSSR count). The Kier molecular flexibility index (Phi) is 7.51. The Hall–Kier alpha value is -2.50. The average molecular weight is 358 g/mol. The number of hydrogen-bond donors (Lipinski definition) is 1. The number of aliphatic imine (C=N–C) groups is 1. The van der Waals surface area contributed by atoms with Crippen LogP contribution < -0.4 is 10.1 Å². The summed E-state index contributed by atoms with van der Waals surface area (Å²) in [5.74, 6) is 2.28. The first-order valence-electron chi connectivity index (χ1n) is 9.14. The molecule has 0 aliphatic heterocycles. The van der Waals surface area contributed by atoms with Crippen LogP contribution in [0.5, 0.6) is 5.75 Å².